The van der Waals surface area contributed by atoms with Crippen molar-refractivity contribution >= 4 is 20.2 Å². The SMILES string of the molecule is CC1=C[C@@]2(C)C[C@H](C)CC[C@H]2[C@H]([C@@H](O)[C@@H]2C(=O)N3CC[C@@H]4C(=O)O[C@H]2[C@@]43O[Si](C)(C)C(C)(C)C)[C@H]1C. The second kappa shape index (κ2) is 8.16. The van der Waals surface area contributed by atoms with E-state index in [0.717, 1.165) is 19.3 Å². The maximum absolute atomic E-state index is 14.1. The number of allylic oxidation sites excluding steroid dienone is 2. The molecule has 202 valence electrons. The van der Waals surface area contributed by atoms with Gasteiger partial charge in [0.15, 0.2) is 20.1 Å². The number of esters is 1. The van der Waals surface area contributed by atoms with Crippen LogP contribution in [-0.4, -0.2) is 54.7 Å². The highest BCUT2D eigenvalue weighted by atomic mass is 28.4. The summed E-state index contributed by atoms with van der Waals surface area (Å²) in [6.45, 7) is 20.4. The first-order valence-corrected chi connectivity index (χ1v) is 17.1. The second-order valence-corrected chi connectivity index (χ2v) is 19.3. The zero-order valence-electron chi connectivity index (χ0n) is 23.8. The van der Waals surface area contributed by atoms with Gasteiger partial charge in [-0.2, -0.15) is 0 Å². The van der Waals surface area contributed by atoms with Gasteiger partial charge in [-0.05, 0) is 73.4 Å². The number of nitrogens with zero attached hydrogens (tertiary/aromatic N) is 1. The number of fused-ring (bicyclic) bond motifs is 1. The number of ether oxygens (including phenoxy) is 1. The van der Waals surface area contributed by atoms with Crippen LogP contribution in [0, 0.1) is 40.9 Å². The predicted molar refractivity (Wildman–Crippen MR) is 141 cm³/mol. The number of hydrogen-bond donors (Lipinski definition) is 1. The molecule has 4 fully saturated rings. The minimum atomic E-state index is -2.36. The number of hydrogen-bond acceptors (Lipinski definition) is 5. The molecule has 0 spiro atoms. The van der Waals surface area contributed by atoms with E-state index >= 15 is 0 Å². The molecule has 10 atom stereocenters. The quantitative estimate of drug-likeness (QED) is 0.318. The summed E-state index contributed by atoms with van der Waals surface area (Å²) in [6.07, 6.45) is 4.69. The first kappa shape index (κ1) is 26.4. The van der Waals surface area contributed by atoms with Crippen molar-refractivity contribution in [2.75, 3.05) is 6.54 Å². The highest BCUT2D eigenvalue weighted by molar-refractivity contribution is 6.74. The van der Waals surface area contributed by atoms with E-state index in [4.69, 9.17) is 9.16 Å². The van der Waals surface area contributed by atoms with Gasteiger partial charge in [-0.1, -0.05) is 59.6 Å². The van der Waals surface area contributed by atoms with Gasteiger partial charge in [0.1, 0.15) is 11.8 Å². The molecule has 1 saturated carbocycles. The lowest BCUT2D eigenvalue weighted by atomic mass is 9.52. The molecule has 3 saturated heterocycles. The Morgan fingerprint density at radius 3 is 2.50 bits per heavy atom. The Labute approximate surface area is 218 Å². The summed E-state index contributed by atoms with van der Waals surface area (Å²) < 4.78 is 13.1. The lowest BCUT2D eigenvalue weighted by Gasteiger charge is -2.53. The van der Waals surface area contributed by atoms with Crippen LogP contribution in [0.25, 0.3) is 0 Å². The first-order chi connectivity index (χ1) is 16.5. The van der Waals surface area contributed by atoms with E-state index in [1.165, 1.54) is 5.57 Å². The summed E-state index contributed by atoms with van der Waals surface area (Å²) in [5.74, 6) is -0.533. The molecule has 0 radical (unpaired) electrons. The van der Waals surface area contributed by atoms with Crippen LogP contribution in [0.2, 0.25) is 18.1 Å². The van der Waals surface area contributed by atoms with Gasteiger partial charge in [0.2, 0.25) is 5.91 Å². The third-order valence-corrected chi connectivity index (χ3v) is 15.7. The van der Waals surface area contributed by atoms with Crippen molar-refractivity contribution in [1.29, 1.82) is 0 Å². The number of carbonyl (C=O) groups is 2. The topological polar surface area (TPSA) is 76.1 Å². The fourth-order valence-corrected chi connectivity index (χ4v) is 9.92. The maximum atomic E-state index is 14.1. The molecule has 1 amide bonds. The zero-order valence-corrected chi connectivity index (χ0v) is 24.8. The summed E-state index contributed by atoms with van der Waals surface area (Å²) in [7, 11) is -2.36. The monoisotopic (exact) mass is 517 g/mol. The van der Waals surface area contributed by atoms with Crippen LogP contribution in [0.1, 0.15) is 74.1 Å². The third kappa shape index (κ3) is 3.47. The summed E-state index contributed by atoms with van der Waals surface area (Å²) in [6, 6.07) is 0. The van der Waals surface area contributed by atoms with Crippen LogP contribution in [0.4, 0.5) is 0 Å². The van der Waals surface area contributed by atoms with E-state index in [0.29, 0.717) is 24.8 Å². The molecule has 0 aromatic heterocycles. The van der Waals surface area contributed by atoms with Gasteiger partial charge < -0.3 is 19.2 Å². The number of rotatable bonds is 4. The lowest BCUT2D eigenvalue weighted by molar-refractivity contribution is -0.152. The molecule has 6 nitrogen and oxygen atoms in total. The lowest BCUT2D eigenvalue weighted by Crippen LogP contribution is -2.59. The van der Waals surface area contributed by atoms with Gasteiger partial charge in [-0.25, -0.2) is 0 Å². The van der Waals surface area contributed by atoms with Crippen molar-refractivity contribution in [3.05, 3.63) is 11.6 Å². The number of aliphatic hydroxyl groups excluding tert-OH is 1. The summed E-state index contributed by atoms with van der Waals surface area (Å²) in [4.78, 5) is 29.0. The highest BCUT2D eigenvalue weighted by Crippen LogP contribution is 2.60. The second-order valence-electron chi connectivity index (χ2n) is 14.6. The summed E-state index contributed by atoms with van der Waals surface area (Å²) in [5.41, 5.74) is 0.240. The van der Waals surface area contributed by atoms with Crippen molar-refractivity contribution in [2.24, 2.45) is 40.9 Å². The van der Waals surface area contributed by atoms with Crippen molar-refractivity contribution in [3.63, 3.8) is 0 Å². The van der Waals surface area contributed by atoms with E-state index in [1.54, 1.807) is 4.90 Å². The zero-order chi connectivity index (χ0) is 26.6. The van der Waals surface area contributed by atoms with Crippen LogP contribution >= 0.6 is 0 Å². The molecular weight excluding hydrogens is 470 g/mol. The Hall–Kier alpha value is -1.18. The van der Waals surface area contributed by atoms with Crippen LogP contribution in [-0.2, 0) is 18.8 Å². The van der Waals surface area contributed by atoms with Gasteiger partial charge in [0.25, 0.3) is 0 Å². The molecule has 0 unspecified atom stereocenters. The van der Waals surface area contributed by atoms with E-state index < -0.39 is 38.1 Å². The molecule has 1 N–H and O–H groups in total. The van der Waals surface area contributed by atoms with E-state index in [2.05, 4.69) is 67.6 Å². The number of amides is 1. The largest absolute Gasteiger partial charge is 0.456 e. The maximum Gasteiger partial charge on any atom is 0.314 e. The number of carbonyl (C=O) groups excluding carboxylic acids is 2. The molecule has 36 heavy (non-hydrogen) atoms. The Morgan fingerprint density at radius 2 is 1.86 bits per heavy atom. The van der Waals surface area contributed by atoms with Crippen LogP contribution in [0.5, 0.6) is 0 Å². The van der Waals surface area contributed by atoms with Crippen molar-refractivity contribution in [3.8, 4) is 0 Å². The normalized spacial score (nSPS) is 45.3. The minimum Gasteiger partial charge on any atom is -0.456 e. The molecule has 0 aromatic rings. The van der Waals surface area contributed by atoms with Gasteiger partial charge in [0.05, 0.1) is 6.10 Å². The van der Waals surface area contributed by atoms with E-state index in [1.807, 2.05) is 0 Å². The predicted octanol–water partition coefficient (Wildman–Crippen LogP) is 5.12. The van der Waals surface area contributed by atoms with E-state index in [9.17, 15) is 14.7 Å². The Kier molecular flexibility index (Phi) is 5.99. The number of aliphatic hydroxyl groups is 1. The van der Waals surface area contributed by atoms with E-state index in [-0.39, 0.29) is 34.2 Å². The van der Waals surface area contributed by atoms with Crippen molar-refractivity contribution in [2.45, 2.75) is 110 Å². The van der Waals surface area contributed by atoms with Gasteiger partial charge in [-0.3, -0.25) is 9.59 Å². The molecule has 3 aliphatic heterocycles. The molecular formula is C29H47NO5Si. The average molecular weight is 518 g/mol. The molecule has 5 rings (SSSR count). The fourth-order valence-electron chi connectivity index (χ4n) is 8.42. The van der Waals surface area contributed by atoms with Crippen LogP contribution in [0.15, 0.2) is 11.6 Å². The molecule has 7 heteroatoms. The molecule has 3 heterocycles. The van der Waals surface area contributed by atoms with Crippen molar-refractivity contribution < 1.29 is 23.9 Å². The Balaban J connectivity index is 1.54. The Morgan fingerprint density at radius 1 is 1.19 bits per heavy atom. The van der Waals surface area contributed by atoms with Crippen LogP contribution < -0.4 is 0 Å². The van der Waals surface area contributed by atoms with Crippen LogP contribution in [0.3, 0.4) is 0 Å². The molecule has 2 aliphatic carbocycles. The van der Waals surface area contributed by atoms with Gasteiger partial charge >= 0.3 is 5.97 Å². The highest BCUT2D eigenvalue weighted by Gasteiger charge is 2.76. The smallest absolute Gasteiger partial charge is 0.314 e. The molecule has 0 bridgehead atoms. The van der Waals surface area contributed by atoms with Gasteiger partial charge in [-0.15, -0.1) is 0 Å². The molecule has 0 aromatic carbocycles. The average Bonchev–Trinajstić information content (AvgIpc) is 3.31. The summed E-state index contributed by atoms with van der Waals surface area (Å²) >= 11 is 0. The van der Waals surface area contributed by atoms with Crippen molar-refractivity contribution in [1.82, 2.24) is 4.90 Å². The van der Waals surface area contributed by atoms with Gasteiger partial charge in [0, 0.05) is 6.54 Å². The molecule has 5 aliphatic rings. The Bertz CT molecular complexity index is 987. The fraction of sp³-hybridized carbons (Fsp3) is 0.862. The first-order valence-electron chi connectivity index (χ1n) is 14.1. The third-order valence-electron chi connectivity index (χ3n) is 11.3. The minimum absolute atomic E-state index is 0.0158. The standard InChI is InChI=1S/C29H47NO5Si/c1-16-10-11-19-21(18(3)17(2)15-28(19,7)14-16)23(31)22-24-29(35-36(8,9)27(4,5)6)20(26(33)34-24)12-13-30(29)25(22)32/h15-16,18-24,31H,10-14H2,1-9H3/t16-,18+,19+,20-,21-,22+,23-,24-,28-,29+/m1/s1. The summed E-state index contributed by atoms with van der Waals surface area (Å²) in [5, 5.41) is 12.1.